The molecule has 7 heteroatoms. The monoisotopic (exact) mass is 430 g/mol. The maximum atomic E-state index is 13.6. The van der Waals surface area contributed by atoms with Crippen molar-refractivity contribution in [1.82, 2.24) is 5.32 Å². The molecule has 148 valence electrons. The van der Waals surface area contributed by atoms with Gasteiger partial charge in [-0.1, -0.05) is 41.4 Å². The Hall–Kier alpha value is -2.81. The molecular formula is C22H17Cl2FN2O2. The van der Waals surface area contributed by atoms with Crippen LogP contribution in [-0.4, -0.2) is 13.1 Å². The summed E-state index contributed by atoms with van der Waals surface area (Å²) < 4.78 is 18.5. The number of benzene rings is 2. The fraction of sp³-hybridized carbons (Fsp3) is 0.182. The first-order valence-electron chi connectivity index (χ1n) is 8.71. The summed E-state index contributed by atoms with van der Waals surface area (Å²) in [7, 11) is 1.27. The van der Waals surface area contributed by atoms with Gasteiger partial charge in [0.25, 0.3) is 0 Å². The van der Waals surface area contributed by atoms with E-state index in [1.54, 1.807) is 19.1 Å². The highest BCUT2D eigenvalue weighted by atomic mass is 35.5. The zero-order valence-electron chi connectivity index (χ0n) is 15.7. The smallest absolute Gasteiger partial charge is 0.335 e. The van der Waals surface area contributed by atoms with Crippen LogP contribution in [0.1, 0.15) is 24.0 Å². The van der Waals surface area contributed by atoms with E-state index in [1.807, 2.05) is 12.1 Å². The Morgan fingerprint density at radius 1 is 1.24 bits per heavy atom. The second-order valence-electron chi connectivity index (χ2n) is 6.53. The number of hydrogen-bond donors (Lipinski definition) is 1. The van der Waals surface area contributed by atoms with E-state index in [0.29, 0.717) is 34.1 Å². The van der Waals surface area contributed by atoms with E-state index in [9.17, 15) is 9.18 Å². The number of carbonyl (C=O) groups is 1. The van der Waals surface area contributed by atoms with E-state index < -0.39 is 17.7 Å². The van der Waals surface area contributed by atoms with Gasteiger partial charge < -0.3 is 10.1 Å². The highest BCUT2D eigenvalue weighted by molar-refractivity contribution is 6.31. The van der Waals surface area contributed by atoms with Crippen molar-refractivity contribution in [3.05, 3.63) is 104 Å². The molecule has 1 unspecified atom stereocenters. The Labute approximate surface area is 178 Å². The standard InChI is InChI=1S/C22H17Cl2FN2O2/c1-12-19(22(28)29-3)20(16-9-8-15(25)11-17(16)24)21(26-2)18(27-12)10-13-4-6-14(23)7-5-13/h4-9,11,20,27H,10H2,1,3H3. The lowest BCUT2D eigenvalue weighted by atomic mass is 9.83. The van der Waals surface area contributed by atoms with Gasteiger partial charge in [-0.3, -0.25) is 0 Å². The Morgan fingerprint density at radius 3 is 2.52 bits per heavy atom. The second-order valence-corrected chi connectivity index (χ2v) is 7.38. The maximum absolute atomic E-state index is 13.6. The van der Waals surface area contributed by atoms with Crippen LogP contribution >= 0.6 is 23.2 Å². The zero-order chi connectivity index (χ0) is 21.1. The third kappa shape index (κ3) is 4.29. The van der Waals surface area contributed by atoms with Crippen LogP contribution in [0.4, 0.5) is 4.39 Å². The predicted octanol–water partition coefficient (Wildman–Crippen LogP) is 5.64. The minimum atomic E-state index is -0.767. The first-order valence-corrected chi connectivity index (χ1v) is 9.47. The number of esters is 1. The topological polar surface area (TPSA) is 42.7 Å². The molecule has 0 aromatic heterocycles. The molecular weight excluding hydrogens is 414 g/mol. The van der Waals surface area contributed by atoms with Gasteiger partial charge >= 0.3 is 5.97 Å². The molecule has 0 radical (unpaired) electrons. The van der Waals surface area contributed by atoms with Gasteiger partial charge in [0.1, 0.15) is 5.82 Å². The van der Waals surface area contributed by atoms with Crippen molar-refractivity contribution in [2.75, 3.05) is 7.11 Å². The van der Waals surface area contributed by atoms with Crippen molar-refractivity contribution in [2.24, 2.45) is 0 Å². The average Bonchev–Trinajstić information content (AvgIpc) is 2.69. The van der Waals surface area contributed by atoms with E-state index >= 15 is 0 Å². The van der Waals surface area contributed by atoms with Crippen LogP contribution in [0.25, 0.3) is 4.85 Å². The van der Waals surface area contributed by atoms with E-state index in [0.717, 1.165) is 5.56 Å². The number of dihydropyridines is 1. The number of allylic oxidation sites excluding steroid dienone is 3. The Balaban J connectivity index is 2.16. The Bertz CT molecular complexity index is 1070. The first-order chi connectivity index (χ1) is 13.8. The quantitative estimate of drug-likeness (QED) is 0.503. The molecule has 1 heterocycles. The lowest BCUT2D eigenvalue weighted by Crippen LogP contribution is -2.29. The van der Waals surface area contributed by atoms with E-state index in [2.05, 4.69) is 10.2 Å². The molecule has 0 aliphatic carbocycles. The molecule has 0 bridgehead atoms. The van der Waals surface area contributed by atoms with Crippen molar-refractivity contribution in [1.29, 1.82) is 0 Å². The van der Waals surface area contributed by atoms with Gasteiger partial charge in [0.2, 0.25) is 0 Å². The van der Waals surface area contributed by atoms with Gasteiger partial charge in [0, 0.05) is 27.9 Å². The number of nitrogens with one attached hydrogen (secondary N) is 1. The molecule has 1 N–H and O–H groups in total. The lowest BCUT2D eigenvalue weighted by molar-refractivity contribution is -0.136. The minimum absolute atomic E-state index is 0.137. The third-order valence-corrected chi connectivity index (χ3v) is 5.29. The normalized spacial score (nSPS) is 16.3. The number of rotatable bonds is 4. The van der Waals surface area contributed by atoms with Crippen LogP contribution in [-0.2, 0) is 16.0 Å². The third-order valence-electron chi connectivity index (χ3n) is 4.71. The van der Waals surface area contributed by atoms with Crippen LogP contribution in [0.3, 0.4) is 0 Å². The molecule has 0 fully saturated rings. The number of methoxy groups -OCH3 is 1. The van der Waals surface area contributed by atoms with Crippen LogP contribution in [0.5, 0.6) is 0 Å². The summed E-state index contributed by atoms with van der Waals surface area (Å²) in [5, 5.41) is 3.92. The predicted molar refractivity (Wildman–Crippen MR) is 111 cm³/mol. The minimum Gasteiger partial charge on any atom is -0.466 e. The maximum Gasteiger partial charge on any atom is 0.335 e. The van der Waals surface area contributed by atoms with Gasteiger partial charge in [-0.15, -0.1) is 0 Å². The van der Waals surface area contributed by atoms with Gasteiger partial charge in [-0.25, -0.2) is 14.0 Å². The number of halogens is 3. The molecule has 0 spiro atoms. The summed E-state index contributed by atoms with van der Waals surface area (Å²) in [5.41, 5.74) is 3.17. The van der Waals surface area contributed by atoms with E-state index in [-0.39, 0.29) is 10.6 Å². The molecule has 1 atom stereocenters. The van der Waals surface area contributed by atoms with E-state index in [1.165, 1.54) is 25.3 Å². The van der Waals surface area contributed by atoms with Gasteiger partial charge in [-0.05, 0) is 42.3 Å². The summed E-state index contributed by atoms with van der Waals surface area (Å²) in [5.74, 6) is -1.84. The summed E-state index contributed by atoms with van der Waals surface area (Å²) in [6.07, 6.45) is 0.427. The van der Waals surface area contributed by atoms with Gasteiger partial charge in [0.05, 0.1) is 25.2 Å². The summed E-state index contributed by atoms with van der Waals surface area (Å²) >= 11 is 12.3. The Kier molecular flexibility index (Phi) is 6.26. The molecule has 4 nitrogen and oxygen atoms in total. The molecule has 3 rings (SSSR count). The molecule has 1 aliphatic rings. The highest BCUT2D eigenvalue weighted by Gasteiger charge is 2.36. The average molecular weight is 431 g/mol. The number of hydrogen-bond acceptors (Lipinski definition) is 3. The van der Waals surface area contributed by atoms with Crippen molar-refractivity contribution in [2.45, 2.75) is 19.3 Å². The lowest BCUT2D eigenvalue weighted by Gasteiger charge is -2.30. The fourth-order valence-electron chi connectivity index (χ4n) is 3.38. The molecule has 1 aliphatic heterocycles. The largest absolute Gasteiger partial charge is 0.466 e. The van der Waals surface area contributed by atoms with Crippen LogP contribution in [0, 0.1) is 12.4 Å². The number of ether oxygens (including phenoxy) is 1. The molecule has 0 saturated heterocycles. The van der Waals surface area contributed by atoms with Crippen LogP contribution in [0.2, 0.25) is 10.0 Å². The van der Waals surface area contributed by atoms with Gasteiger partial charge in [-0.2, -0.15) is 0 Å². The highest BCUT2D eigenvalue weighted by Crippen LogP contribution is 2.42. The molecule has 0 amide bonds. The zero-order valence-corrected chi connectivity index (χ0v) is 17.2. The van der Waals surface area contributed by atoms with Crippen molar-refractivity contribution >= 4 is 29.2 Å². The van der Waals surface area contributed by atoms with E-state index in [4.69, 9.17) is 34.5 Å². The SMILES string of the molecule is [C-]#[N+]C1=C(Cc2ccc(Cl)cc2)NC(C)=C(C(=O)OC)C1c1ccc(F)cc1Cl. The molecule has 2 aromatic rings. The Morgan fingerprint density at radius 2 is 1.93 bits per heavy atom. The van der Waals surface area contributed by atoms with Crippen molar-refractivity contribution < 1.29 is 13.9 Å². The number of nitrogens with zero attached hydrogens (tertiary/aromatic N) is 1. The van der Waals surface area contributed by atoms with Crippen molar-refractivity contribution in [3.8, 4) is 0 Å². The fourth-order valence-corrected chi connectivity index (χ4v) is 3.78. The molecule has 2 aromatic carbocycles. The summed E-state index contributed by atoms with van der Waals surface area (Å²) in [6, 6.07) is 11.2. The first kappa shape index (κ1) is 20.9. The van der Waals surface area contributed by atoms with Crippen LogP contribution < -0.4 is 5.32 Å². The molecule has 29 heavy (non-hydrogen) atoms. The van der Waals surface area contributed by atoms with Gasteiger partial charge in [0.15, 0.2) is 5.70 Å². The second kappa shape index (κ2) is 8.69. The van der Waals surface area contributed by atoms with Crippen molar-refractivity contribution in [3.63, 3.8) is 0 Å². The summed E-state index contributed by atoms with van der Waals surface area (Å²) in [6.45, 7) is 9.52. The molecule has 0 saturated carbocycles. The van der Waals surface area contributed by atoms with Crippen LogP contribution in [0.15, 0.2) is 65.1 Å². The number of carbonyl (C=O) groups excluding carboxylic acids is 1. The summed E-state index contributed by atoms with van der Waals surface area (Å²) in [4.78, 5) is 16.2.